The van der Waals surface area contributed by atoms with Gasteiger partial charge in [0.15, 0.2) is 0 Å². The zero-order valence-corrected chi connectivity index (χ0v) is 15.1. The first-order valence-electron chi connectivity index (χ1n) is 8.92. The number of fused-ring (bicyclic) bond motifs is 1. The number of aryl methyl sites for hydroxylation is 1. The van der Waals surface area contributed by atoms with Crippen LogP contribution in [0.3, 0.4) is 0 Å². The van der Waals surface area contributed by atoms with Gasteiger partial charge in [0, 0.05) is 0 Å². The topological polar surface area (TPSA) is 44.1 Å². The molecule has 0 saturated carbocycles. The van der Waals surface area contributed by atoms with E-state index in [0.717, 1.165) is 16.8 Å². The van der Waals surface area contributed by atoms with Crippen molar-refractivity contribution in [2.24, 2.45) is 0 Å². The molecule has 0 N–H and O–H groups in total. The number of benzene rings is 3. The van der Waals surface area contributed by atoms with E-state index in [9.17, 15) is 4.79 Å². The van der Waals surface area contributed by atoms with Crippen molar-refractivity contribution in [3.8, 4) is 5.69 Å². The van der Waals surface area contributed by atoms with E-state index < -0.39 is 0 Å². The minimum absolute atomic E-state index is 0.0792. The van der Waals surface area contributed by atoms with E-state index >= 15 is 0 Å². The third-order valence-electron chi connectivity index (χ3n) is 4.45. The number of nitrogens with zero attached hydrogens (tertiary/aromatic N) is 2. The summed E-state index contributed by atoms with van der Waals surface area (Å²) in [6.45, 7) is 2.73. The summed E-state index contributed by atoms with van der Waals surface area (Å²) >= 11 is 0. The summed E-state index contributed by atoms with van der Waals surface area (Å²) in [7, 11) is 0. The average Bonchev–Trinajstić information content (AvgIpc) is 2.69. The molecule has 0 radical (unpaired) electrons. The van der Waals surface area contributed by atoms with E-state index in [2.05, 4.69) is 0 Å². The first-order valence-corrected chi connectivity index (χ1v) is 8.92. The van der Waals surface area contributed by atoms with Gasteiger partial charge >= 0.3 is 0 Å². The van der Waals surface area contributed by atoms with E-state index in [0.29, 0.717) is 23.3 Å². The number of hydrogen-bond acceptors (Lipinski definition) is 3. The Morgan fingerprint density at radius 2 is 1.67 bits per heavy atom. The van der Waals surface area contributed by atoms with Gasteiger partial charge in [0.05, 0.1) is 23.2 Å². The SMILES string of the molecule is Cc1cccc(-n2c(COCc3ccccc3)nc3ccccc3c2=O)c1. The molecule has 27 heavy (non-hydrogen) atoms. The van der Waals surface area contributed by atoms with Gasteiger partial charge in [-0.15, -0.1) is 0 Å². The van der Waals surface area contributed by atoms with Gasteiger partial charge in [-0.2, -0.15) is 0 Å². The molecule has 3 aromatic carbocycles. The van der Waals surface area contributed by atoms with E-state index in [1.807, 2.05) is 85.8 Å². The van der Waals surface area contributed by atoms with Crippen molar-refractivity contribution >= 4 is 10.9 Å². The number of rotatable bonds is 5. The van der Waals surface area contributed by atoms with Gasteiger partial charge in [-0.3, -0.25) is 9.36 Å². The summed E-state index contributed by atoms with van der Waals surface area (Å²) in [5.41, 5.74) is 3.58. The van der Waals surface area contributed by atoms with Gasteiger partial charge in [-0.05, 0) is 42.3 Å². The molecule has 0 unspecified atom stereocenters. The minimum atomic E-state index is -0.0792. The van der Waals surface area contributed by atoms with Crippen molar-refractivity contribution in [1.82, 2.24) is 9.55 Å². The molecule has 1 aromatic heterocycles. The van der Waals surface area contributed by atoms with Crippen LogP contribution in [-0.4, -0.2) is 9.55 Å². The normalized spacial score (nSPS) is 11.0. The Balaban J connectivity index is 1.75. The molecule has 0 aliphatic heterocycles. The maximum absolute atomic E-state index is 13.2. The van der Waals surface area contributed by atoms with Gasteiger partial charge < -0.3 is 4.74 Å². The Bertz CT molecular complexity index is 1130. The largest absolute Gasteiger partial charge is 0.369 e. The predicted molar refractivity (Wildman–Crippen MR) is 107 cm³/mol. The molecule has 4 aromatic rings. The lowest BCUT2D eigenvalue weighted by Crippen LogP contribution is -2.24. The third kappa shape index (κ3) is 3.66. The van der Waals surface area contributed by atoms with Crippen LogP contribution < -0.4 is 5.56 Å². The van der Waals surface area contributed by atoms with Crippen LogP contribution in [0, 0.1) is 6.92 Å². The molecule has 0 aliphatic carbocycles. The van der Waals surface area contributed by atoms with E-state index in [-0.39, 0.29) is 12.2 Å². The maximum Gasteiger partial charge on any atom is 0.266 e. The van der Waals surface area contributed by atoms with Gasteiger partial charge in [0.2, 0.25) is 0 Å². The van der Waals surface area contributed by atoms with Crippen LogP contribution >= 0.6 is 0 Å². The highest BCUT2D eigenvalue weighted by Crippen LogP contribution is 2.15. The lowest BCUT2D eigenvalue weighted by atomic mass is 10.2. The molecule has 0 saturated heterocycles. The summed E-state index contributed by atoms with van der Waals surface area (Å²) < 4.78 is 7.53. The van der Waals surface area contributed by atoms with Crippen LogP contribution in [0.2, 0.25) is 0 Å². The summed E-state index contributed by atoms with van der Waals surface area (Å²) in [6, 6.07) is 25.2. The molecule has 0 fully saturated rings. The monoisotopic (exact) mass is 356 g/mol. The quantitative estimate of drug-likeness (QED) is 0.532. The standard InChI is InChI=1S/C23H20N2O2/c1-17-8-7-11-19(14-17)25-22(16-27-15-18-9-3-2-4-10-18)24-21-13-6-5-12-20(21)23(25)26/h2-14H,15-16H2,1H3. The highest BCUT2D eigenvalue weighted by atomic mass is 16.5. The summed E-state index contributed by atoms with van der Waals surface area (Å²) in [5, 5.41) is 0.603. The Hall–Kier alpha value is -3.24. The maximum atomic E-state index is 13.2. The van der Waals surface area contributed by atoms with Crippen molar-refractivity contribution in [2.75, 3.05) is 0 Å². The number of ether oxygens (including phenoxy) is 1. The Labute approximate surface area is 157 Å². The van der Waals surface area contributed by atoms with Crippen LogP contribution in [0.15, 0.2) is 83.7 Å². The number of hydrogen-bond donors (Lipinski definition) is 0. The number of para-hydroxylation sites is 1. The van der Waals surface area contributed by atoms with E-state index in [4.69, 9.17) is 9.72 Å². The molecule has 4 heteroatoms. The van der Waals surface area contributed by atoms with Crippen molar-refractivity contribution in [3.05, 3.63) is 106 Å². The van der Waals surface area contributed by atoms with Gasteiger partial charge in [-0.25, -0.2) is 4.98 Å². The zero-order valence-electron chi connectivity index (χ0n) is 15.1. The molecule has 0 atom stereocenters. The molecule has 0 aliphatic rings. The molecule has 0 amide bonds. The van der Waals surface area contributed by atoms with E-state index in [1.54, 1.807) is 4.57 Å². The second kappa shape index (κ2) is 7.56. The molecule has 4 rings (SSSR count). The fraction of sp³-hybridized carbons (Fsp3) is 0.130. The van der Waals surface area contributed by atoms with Crippen LogP contribution in [0.25, 0.3) is 16.6 Å². The Morgan fingerprint density at radius 3 is 2.48 bits per heavy atom. The van der Waals surface area contributed by atoms with Crippen LogP contribution in [0.1, 0.15) is 17.0 Å². The Kier molecular flexibility index (Phi) is 4.81. The van der Waals surface area contributed by atoms with Gasteiger partial charge in [0.25, 0.3) is 5.56 Å². The first-order chi connectivity index (χ1) is 13.2. The smallest absolute Gasteiger partial charge is 0.266 e. The second-order valence-corrected chi connectivity index (χ2v) is 6.50. The summed E-state index contributed by atoms with van der Waals surface area (Å²) in [5.74, 6) is 0.597. The van der Waals surface area contributed by atoms with Crippen LogP contribution in [-0.2, 0) is 18.0 Å². The minimum Gasteiger partial charge on any atom is -0.369 e. The van der Waals surface area contributed by atoms with Crippen molar-refractivity contribution in [2.45, 2.75) is 20.1 Å². The van der Waals surface area contributed by atoms with Crippen LogP contribution in [0.4, 0.5) is 0 Å². The molecular formula is C23H20N2O2. The lowest BCUT2D eigenvalue weighted by Gasteiger charge is -2.14. The fourth-order valence-corrected chi connectivity index (χ4v) is 3.14. The summed E-state index contributed by atoms with van der Waals surface area (Å²) in [6.07, 6.45) is 0. The van der Waals surface area contributed by atoms with Crippen molar-refractivity contribution in [3.63, 3.8) is 0 Å². The molecular weight excluding hydrogens is 336 g/mol. The highest BCUT2D eigenvalue weighted by molar-refractivity contribution is 5.77. The zero-order chi connectivity index (χ0) is 18.6. The lowest BCUT2D eigenvalue weighted by molar-refractivity contribution is 0.100. The first kappa shape index (κ1) is 17.2. The van der Waals surface area contributed by atoms with Gasteiger partial charge in [-0.1, -0.05) is 54.6 Å². The average molecular weight is 356 g/mol. The third-order valence-corrected chi connectivity index (χ3v) is 4.45. The van der Waals surface area contributed by atoms with Crippen molar-refractivity contribution < 1.29 is 4.74 Å². The molecule has 134 valence electrons. The molecule has 0 spiro atoms. The molecule has 4 nitrogen and oxygen atoms in total. The highest BCUT2D eigenvalue weighted by Gasteiger charge is 2.13. The number of aromatic nitrogens is 2. The molecule has 0 bridgehead atoms. The van der Waals surface area contributed by atoms with E-state index in [1.165, 1.54) is 0 Å². The Morgan fingerprint density at radius 1 is 0.889 bits per heavy atom. The predicted octanol–water partition coefficient (Wildman–Crippen LogP) is 4.41. The van der Waals surface area contributed by atoms with Crippen LogP contribution in [0.5, 0.6) is 0 Å². The van der Waals surface area contributed by atoms with Crippen molar-refractivity contribution in [1.29, 1.82) is 0 Å². The van der Waals surface area contributed by atoms with Gasteiger partial charge in [0.1, 0.15) is 12.4 Å². The molecule has 1 heterocycles. The summed E-state index contributed by atoms with van der Waals surface area (Å²) in [4.78, 5) is 17.9. The second-order valence-electron chi connectivity index (χ2n) is 6.50. The fourth-order valence-electron chi connectivity index (χ4n) is 3.14.